The van der Waals surface area contributed by atoms with Crippen LogP contribution in [0.5, 0.6) is 0 Å². The largest absolute Gasteiger partial charge is 0.481 e. The van der Waals surface area contributed by atoms with Gasteiger partial charge in [0.15, 0.2) is 0 Å². The summed E-state index contributed by atoms with van der Waals surface area (Å²) in [4.78, 5) is 25.9. The van der Waals surface area contributed by atoms with Gasteiger partial charge in [0.1, 0.15) is 0 Å². The molecule has 4 atom stereocenters. The third-order valence-corrected chi connectivity index (χ3v) is 5.75. The number of hydrogen-bond donors (Lipinski definition) is 2. The molecule has 1 amide bonds. The first kappa shape index (κ1) is 13.6. The Kier molecular flexibility index (Phi) is 3.32. The Morgan fingerprint density at radius 3 is 2.60 bits per heavy atom. The summed E-state index contributed by atoms with van der Waals surface area (Å²) in [5, 5.41) is 12.4. The van der Waals surface area contributed by atoms with Crippen LogP contribution < -0.4 is 5.32 Å². The molecule has 108 valence electrons. The topological polar surface area (TPSA) is 66.4 Å². The SMILES string of the molecule is Cc1cc(C(=O)NC2C3CCC(C3)C2C(=O)O)c(C)s1. The zero-order chi connectivity index (χ0) is 14.4. The van der Waals surface area contributed by atoms with Crippen molar-refractivity contribution in [2.75, 3.05) is 0 Å². The number of carboxylic acid groups (broad SMARTS) is 1. The summed E-state index contributed by atoms with van der Waals surface area (Å²) in [6.07, 6.45) is 2.98. The van der Waals surface area contributed by atoms with E-state index in [0.717, 1.165) is 29.0 Å². The van der Waals surface area contributed by atoms with Crippen LogP contribution in [0, 0.1) is 31.6 Å². The standard InChI is InChI=1S/C15H19NO3S/c1-7-5-11(8(2)20-7)14(17)16-13-10-4-3-9(6-10)12(13)15(18)19/h5,9-10,12-13H,3-4,6H2,1-2H3,(H,16,17)(H,18,19). The Morgan fingerprint density at radius 2 is 2.00 bits per heavy atom. The lowest BCUT2D eigenvalue weighted by atomic mass is 9.84. The Bertz CT molecular complexity index is 565. The highest BCUT2D eigenvalue weighted by Crippen LogP contribution is 2.48. The van der Waals surface area contributed by atoms with E-state index in [1.807, 2.05) is 19.9 Å². The van der Waals surface area contributed by atoms with Crippen molar-refractivity contribution in [3.63, 3.8) is 0 Å². The predicted octanol–water partition coefficient (Wildman–Crippen LogP) is 2.59. The molecule has 2 aliphatic carbocycles. The Balaban J connectivity index is 1.78. The number of rotatable bonds is 3. The molecule has 1 heterocycles. The summed E-state index contributed by atoms with van der Waals surface area (Å²) in [6, 6.07) is 1.69. The van der Waals surface area contributed by atoms with Gasteiger partial charge in [-0.25, -0.2) is 0 Å². The summed E-state index contributed by atoms with van der Waals surface area (Å²) in [5.41, 5.74) is 0.694. The third-order valence-electron chi connectivity index (χ3n) is 4.78. The smallest absolute Gasteiger partial charge is 0.308 e. The number of thiophene rings is 1. The molecular weight excluding hydrogens is 274 g/mol. The second-order valence-electron chi connectivity index (χ2n) is 6.02. The van der Waals surface area contributed by atoms with Gasteiger partial charge in [0.05, 0.1) is 11.5 Å². The summed E-state index contributed by atoms with van der Waals surface area (Å²) in [6.45, 7) is 3.91. The highest BCUT2D eigenvalue weighted by Gasteiger charge is 2.51. The maximum absolute atomic E-state index is 12.4. The molecule has 20 heavy (non-hydrogen) atoms. The van der Waals surface area contributed by atoms with Crippen molar-refractivity contribution < 1.29 is 14.7 Å². The summed E-state index contributed by atoms with van der Waals surface area (Å²) >= 11 is 1.60. The highest BCUT2D eigenvalue weighted by molar-refractivity contribution is 7.12. The van der Waals surface area contributed by atoms with E-state index < -0.39 is 11.9 Å². The number of hydrogen-bond acceptors (Lipinski definition) is 3. The second kappa shape index (κ2) is 4.88. The second-order valence-corrected chi connectivity index (χ2v) is 7.48. The number of nitrogens with one attached hydrogen (secondary N) is 1. The van der Waals surface area contributed by atoms with Gasteiger partial charge in [-0.05, 0) is 51.0 Å². The Morgan fingerprint density at radius 1 is 1.30 bits per heavy atom. The van der Waals surface area contributed by atoms with Crippen LogP contribution in [-0.2, 0) is 4.79 Å². The van der Waals surface area contributed by atoms with Crippen LogP contribution in [0.15, 0.2) is 6.07 Å². The summed E-state index contributed by atoms with van der Waals surface area (Å²) in [7, 11) is 0. The van der Waals surface area contributed by atoms with Gasteiger partial charge in [-0.15, -0.1) is 11.3 Å². The number of aliphatic carboxylic acids is 1. The summed E-state index contributed by atoms with van der Waals surface area (Å²) < 4.78 is 0. The average Bonchev–Trinajstić information content (AvgIpc) is 3.03. The number of carbonyl (C=O) groups is 2. The third kappa shape index (κ3) is 2.14. The van der Waals surface area contributed by atoms with Crippen molar-refractivity contribution >= 4 is 23.2 Å². The van der Waals surface area contributed by atoms with Crippen LogP contribution in [0.2, 0.25) is 0 Å². The predicted molar refractivity (Wildman–Crippen MR) is 77.0 cm³/mol. The minimum Gasteiger partial charge on any atom is -0.481 e. The van der Waals surface area contributed by atoms with Gasteiger partial charge in [0, 0.05) is 15.8 Å². The van der Waals surface area contributed by atoms with Gasteiger partial charge in [0.25, 0.3) is 5.91 Å². The van der Waals surface area contributed by atoms with Crippen LogP contribution in [0.1, 0.15) is 39.4 Å². The van der Waals surface area contributed by atoms with Gasteiger partial charge in [-0.3, -0.25) is 9.59 Å². The molecule has 4 nitrogen and oxygen atoms in total. The Hall–Kier alpha value is -1.36. The van der Waals surface area contributed by atoms with E-state index in [0.29, 0.717) is 11.5 Å². The number of carboxylic acids is 1. The lowest BCUT2D eigenvalue weighted by Gasteiger charge is -2.28. The molecule has 4 unspecified atom stereocenters. The van der Waals surface area contributed by atoms with E-state index in [4.69, 9.17) is 0 Å². The summed E-state index contributed by atoms with van der Waals surface area (Å²) in [5.74, 6) is -0.702. The van der Waals surface area contributed by atoms with E-state index in [1.54, 1.807) is 11.3 Å². The van der Waals surface area contributed by atoms with Crippen LogP contribution in [0.3, 0.4) is 0 Å². The van der Waals surface area contributed by atoms with E-state index in [9.17, 15) is 14.7 Å². The molecule has 0 radical (unpaired) electrons. The van der Waals surface area contributed by atoms with Crippen molar-refractivity contribution in [1.29, 1.82) is 0 Å². The fourth-order valence-corrected chi connectivity index (χ4v) is 4.86. The fraction of sp³-hybridized carbons (Fsp3) is 0.600. The van der Waals surface area contributed by atoms with Gasteiger partial charge in [0.2, 0.25) is 0 Å². The first-order valence-corrected chi connectivity index (χ1v) is 7.89. The quantitative estimate of drug-likeness (QED) is 0.900. The molecule has 0 saturated heterocycles. The van der Waals surface area contributed by atoms with E-state index in [1.165, 1.54) is 0 Å². The van der Waals surface area contributed by atoms with Crippen LogP contribution in [0.4, 0.5) is 0 Å². The molecule has 0 aliphatic heterocycles. The molecule has 2 bridgehead atoms. The molecule has 1 aromatic heterocycles. The number of fused-ring (bicyclic) bond motifs is 2. The zero-order valence-corrected chi connectivity index (χ0v) is 12.5. The lowest BCUT2D eigenvalue weighted by Crippen LogP contribution is -2.46. The lowest BCUT2D eigenvalue weighted by molar-refractivity contribution is -0.144. The maximum Gasteiger partial charge on any atom is 0.308 e. The normalized spacial score (nSPS) is 31.5. The van der Waals surface area contributed by atoms with E-state index in [-0.39, 0.29) is 17.9 Å². The van der Waals surface area contributed by atoms with Gasteiger partial charge < -0.3 is 10.4 Å². The van der Waals surface area contributed by atoms with Gasteiger partial charge in [-0.2, -0.15) is 0 Å². The van der Waals surface area contributed by atoms with Gasteiger partial charge >= 0.3 is 5.97 Å². The Labute approximate surface area is 122 Å². The molecule has 5 heteroatoms. The number of aryl methyl sites for hydroxylation is 2. The van der Waals surface area contributed by atoms with Gasteiger partial charge in [-0.1, -0.05) is 0 Å². The van der Waals surface area contributed by atoms with E-state index in [2.05, 4.69) is 5.32 Å². The molecular formula is C15H19NO3S. The molecule has 2 saturated carbocycles. The first-order valence-electron chi connectivity index (χ1n) is 7.08. The van der Waals surface area contributed by atoms with Crippen LogP contribution in [-0.4, -0.2) is 23.0 Å². The van der Waals surface area contributed by atoms with Crippen molar-refractivity contribution in [2.24, 2.45) is 17.8 Å². The molecule has 2 aliphatic rings. The minimum absolute atomic E-state index is 0.115. The van der Waals surface area contributed by atoms with E-state index >= 15 is 0 Å². The highest BCUT2D eigenvalue weighted by atomic mass is 32.1. The average molecular weight is 293 g/mol. The number of amides is 1. The molecule has 1 aromatic rings. The molecule has 3 rings (SSSR count). The molecule has 2 fully saturated rings. The first-order chi connectivity index (χ1) is 9.47. The van der Waals surface area contributed by atoms with Crippen molar-refractivity contribution in [2.45, 2.75) is 39.2 Å². The van der Waals surface area contributed by atoms with Crippen molar-refractivity contribution in [1.82, 2.24) is 5.32 Å². The minimum atomic E-state index is -0.763. The van der Waals surface area contributed by atoms with Crippen molar-refractivity contribution in [3.8, 4) is 0 Å². The monoisotopic (exact) mass is 293 g/mol. The fourth-order valence-electron chi connectivity index (χ4n) is 3.94. The zero-order valence-electron chi connectivity index (χ0n) is 11.7. The molecule has 0 spiro atoms. The molecule has 0 aromatic carbocycles. The van der Waals surface area contributed by atoms with Crippen LogP contribution >= 0.6 is 11.3 Å². The van der Waals surface area contributed by atoms with Crippen molar-refractivity contribution in [3.05, 3.63) is 21.4 Å². The number of carbonyl (C=O) groups excluding carboxylic acids is 1. The van der Waals surface area contributed by atoms with Crippen LogP contribution in [0.25, 0.3) is 0 Å². The maximum atomic E-state index is 12.4. The molecule has 2 N–H and O–H groups in total.